The Hall–Kier alpha value is -0.167. The Bertz CT molecular complexity index is 210. The van der Waals surface area contributed by atoms with E-state index >= 15 is 0 Å². The van der Waals surface area contributed by atoms with Crippen LogP contribution in [0.5, 0.6) is 0 Å². The minimum absolute atomic E-state index is 0. The van der Waals surface area contributed by atoms with E-state index in [9.17, 15) is 0 Å². The first-order valence-electron chi connectivity index (χ1n) is 3.17. The van der Waals surface area contributed by atoms with Crippen molar-refractivity contribution < 1.29 is 44.4 Å². The van der Waals surface area contributed by atoms with Crippen molar-refractivity contribution in [1.82, 2.24) is 0 Å². The predicted molar refractivity (Wildman–Crippen MR) is 46.7 cm³/mol. The molecule has 0 heterocycles. The number of anilines is 1. The molecule has 1 rings (SSSR count). The molecular weight excluding hydrogens is 373 g/mol. The van der Waals surface area contributed by atoms with Gasteiger partial charge < -0.3 is 10.5 Å². The van der Waals surface area contributed by atoms with Crippen molar-refractivity contribution in [2.75, 3.05) is 5.73 Å². The standard InChI is InChI=1S/C7H8N.C2H3O.V.W/c1-6-4-2-3-5-7(6)8;1-2-3;;/h2-5H,1,8H2;1H3;;/q2*-1;;. The summed E-state index contributed by atoms with van der Waals surface area (Å²) in [6, 6.07) is 7.53. The van der Waals surface area contributed by atoms with Crippen molar-refractivity contribution in [3.63, 3.8) is 0 Å². The molecule has 0 atom stereocenters. The Kier molecular flexibility index (Phi) is 16.9. The summed E-state index contributed by atoms with van der Waals surface area (Å²) < 4.78 is 0. The van der Waals surface area contributed by atoms with Crippen LogP contribution in [0.25, 0.3) is 0 Å². The molecule has 2 N–H and O–H groups in total. The van der Waals surface area contributed by atoms with Gasteiger partial charge in [-0.25, -0.2) is 0 Å². The van der Waals surface area contributed by atoms with Gasteiger partial charge in [-0.05, 0) is 0 Å². The second-order valence-corrected chi connectivity index (χ2v) is 1.90. The minimum Gasteiger partial charge on any atom is -0.542 e. The third kappa shape index (κ3) is 9.75. The van der Waals surface area contributed by atoms with Crippen molar-refractivity contribution in [3.8, 4) is 0 Å². The molecule has 0 aromatic heterocycles. The molecule has 4 heteroatoms. The number of rotatable bonds is 0. The molecule has 0 bridgehead atoms. The van der Waals surface area contributed by atoms with Gasteiger partial charge in [0.1, 0.15) is 0 Å². The summed E-state index contributed by atoms with van der Waals surface area (Å²) >= 11 is 0. The van der Waals surface area contributed by atoms with E-state index in [1.54, 1.807) is 0 Å². The van der Waals surface area contributed by atoms with Crippen molar-refractivity contribution >= 4 is 12.0 Å². The average Bonchev–Trinajstić information content (AvgIpc) is 1.97. The topological polar surface area (TPSA) is 43.1 Å². The molecule has 71 valence electrons. The van der Waals surface area contributed by atoms with E-state index in [4.69, 9.17) is 10.5 Å². The van der Waals surface area contributed by atoms with Gasteiger partial charge in [0.05, 0.1) is 0 Å². The van der Waals surface area contributed by atoms with E-state index in [1.807, 2.05) is 24.3 Å². The first-order valence-corrected chi connectivity index (χ1v) is 3.17. The van der Waals surface area contributed by atoms with Crippen molar-refractivity contribution in [3.05, 3.63) is 36.8 Å². The third-order valence-corrected chi connectivity index (χ3v) is 1.06. The molecule has 0 amide bonds. The van der Waals surface area contributed by atoms with E-state index in [2.05, 4.69) is 6.92 Å². The molecular formula is C9H11NOVW-2. The van der Waals surface area contributed by atoms with Crippen LogP contribution in [0.3, 0.4) is 0 Å². The van der Waals surface area contributed by atoms with Crippen molar-refractivity contribution in [1.29, 1.82) is 0 Å². The van der Waals surface area contributed by atoms with Crippen molar-refractivity contribution in [2.24, 2.45) is 0 Å². The van der Waals surface area contributed by atoms with Gasteiger partial charge in [0.2, 0.25) is 0 Å². The van der Waals surface area contributed by atoms with Crippen LogP contribution in [0.2, 0.25) is 0 Å². The van der Waals surface area contributed by atoms with E-state index < -0.39 is 0 Å². The summed E-state index contributed by atoms with van der Waals surface area (Å²) in [5, 5.41) is 0. The number of hydrogen-bond donors (Lipinski definition) is 1. The average molecular weight is 384 g/mol. The zero-order chi connectivity index (χ0) is 8.69. The van der Waals surface area contributed by atoms with E-state index in [-0.39, 0.29) is 39.6 Å². The molecule has 1 aromatic rings. The molecule has 0 fully saturated rings. The van der Waals surface area contributed by atoms with E-state index in [0.717, 1.165) is 11.3 Å². The SMILES string of the molecule is C[C-]=O.[CH2-]c1ccccc1N.[V].[W]. The van der Waals surface area contributed by atoms with Gasteiger partial charge in [-0.15, -0.1) is 6.07 Å². The molecule has 0 aliphatic heterocycles. The zero-order valence-corrected chi connectivity index (χ0v) is 11.7. The second-order valence-electron chi connectivity index (χ2n) is 1.90. The molecule has 0 unspecified atom stereocenters. The summed E-state index contributed by atoms with van der Waals surface area (Å²) in [5.41, 5.74) is 7.11. The molecule has 0 spiro atoms. The maximum atomic E-state index is 8.68. The second kappa shape index (κ2) is 11.8. The number of benzene rings is 1. The van der Waals surface area contributed by atoms with Gasteiger partial charge in [-0.1, -0.05) is 17.8 Å². The number of nitrogens with two attached hydrogens (primary N) is 1. The number of carbonyl (C=O) groups excluding carboxylic acids is 1. The molecule has 0 aliphatic carbocycles. The van der Waals surface area contributed by atoms with Crippen LogP contribution in [0.15, 0.2) is 24.3 Å². The molecule has 1 radical (unpaired) electrons. The van der Waals surface area contributed by atoms with Crippen LogP contribution in [-0.2, 0) is 44.4 Å². The summed E-state index contributed by atoms with van der Waals surface area (Å²) in [7, 11) is 0. The molecule has 2 nitrogen and oxygen atoms in total. The van der Waals surface area contributed by atoms with Gasteiger partial charge in [0, 0.05) is 39.6 Å². The van der Waals surface area contributed by atoms with Crippen LogP contribution in [-0.4, -0.2) is 6.29 Å². The predicted octanol–water partition coefficient (Wildman–Crippen LogP) is 1.56. The van der Waals surface area contributed by atoms with Crippen LogP contribution in [0.4, 0.5) is 5.69 Å². The first-order chi connectivity index (χ1) is 5.22. The van der Waals surface area contributed by atoms with Gasteiger partial charge in [0.25, 0.3) is 0 Å². The summed E-state index contributed by atoms with van der Waals surface area (Å²) in [6.45, 7) is 5.01. The van der Waals surface area contributed by atoms with Gasteiger partial charge in [0.15, 0.2) is 0 Å². The van der Waals surface area contributed by atoms with Crippen molar-refractivity contribution in [2.45, 2.75) is 6.92 Å². The van der Waals surface area contributed by atoms with Crippen LogP contribution >= 0.6 is 0 Å². The Morgan fingerprint density at radius 1 is 1.38 bits per heavy atom. The number of nitrogen functional groups attached to an aromatic ring is 1. The molecule has 13 heavy (non-hydrogen) atoms. The fourth-order valence-electron chi connectivity index (χ4n) is 0.534. The van der Waals surface area contributed by atoms with E-state index in [0.29, 0.717) is 0 Å². The normalized spacial score (nSPS) is 6.54. The fourth-order valence-corrected chi connectivity index (χ4v) is 0.534. The molecule has 0 aliphatic rings. The molecule has 1 aromatic carbocycles. The Morgan fingerprint density at radius 3 is 2.00 bits per heavy atom. The van der Waals surface area contributed by atoms with Gasteiger partial charge in [-0.2, -0.15) is 25.5 Å². The summed E-state index contributed by atoms with van der Waals surface area (Å²) in [5.74, 6) is 0. The van der Waals surface area contributed by atoms with E-state index in [1.165, 1.54) is 13.2 Å². The minimum atomic E-state index is 0. The zero-order valence-electron chi connectivity index (χ0n) is 7.36. The van der Waals surface area contributed by atoms with Crippen LogP contribution < -0.4 is 5.73 Å². The Morgan fingerprint density at radius 2 is 1.77 bits per heavy atom. The maximum Gasteiger partial charge on any atom is 0 e. The Balaban J connectivity index is -0.000000180. The quantitative estimate of drug-likeness (QED) is 0.545. The van der Waals surface area contributed by atoms with Crippen LogP contribution in [0, 0.1) is 6.92 Å². The smallest absolute Gasteiger partial charge is 0 e. The Labute approximate surface area is 105 Å². The van der Waals surface area contributed by atoms with Gasteiger partial charge in [-0.3, -0.25) is 6.29 Å². The third-order valence-electron chi connectivity index (χ3n) is 1.06. The molecule has 0 saturated carbocycles. The number of para-hydroxylation sites is 1. The summed E-state index contributed by atoms with van der Waals surface area (Å²) in [6.07, 6.45) is 1.50. The fraction of sp³-hybridized carbons (Fsp3) is 0.111. The molecule has 0 saturated heterocycles. The first kappa shape index (κ1) is 18.6. The largest absolute Gasteiger partial charge is 0.542 e. The number of hydrogen-bond acceptors (Lipinski definition) is 2. The monoisotopic (exact) mass is 384 g/mol. The van der Waals surface area contributed by atoms with Crippen LogP contribution in [0.1, 0.15) is 12.5 Å². The van der Waals surface area contributed by atoms with Gasteiger partial charge >= 0.3 is 0 Å². The summed E-state index contributed by atoms with van der Waals surface area (Å²) in [4.78, 5) is 8.68. The maximum absolute atomic E-state index is 8.68.